The Morgan fingerprint density at radius 3 is 2.86 bits per heavy atom. The second kappa shape index (κ2) is 10.1. The molecule has 0 saturated carbocycles. The molecule has 0 unspecified atom stereocenters. The molecule has 0 spiro atoms. The van der Waals surface area contributed by atoms with Crippen LogP contribution in [0.2, 0.25) is 0 Å². The number of ether oxygens (including phenoxy) is 2. The molecular weight excluding hydrogens is 487 g/mol. The van der Waals surface area contributed by atoms with Gasteiger partial charge in [-0.25, -0.2) is 4.98 Å². The molecule has 0 bridgehead atoms. The molecule has 6 nitrogen and oxygen atoms in total. The minimum atomic E-state index is -0.0289. The van der Waals surface area contributed by atoms with Crippen molar-refractivity contribution in [2.24, 2.45) is 5.10 Å². The van der Waals surface area contributed by atoms with Gasteiger partial charge in [-0.3, -0.25) is 5.43 Å². The third-order valence-electron chi connectivity index (χ3n) is 3.56. The topological polar surface area (TPSA) is 79.5 Å². The fourth-order valence-electron chi connectivity index (χ4n) is 2.40. The molecule has 0 aliphatic heterocycles. The number of benzene rings is 2. The Hall–Kier alpha value is -2.64. The Labute approximate surface area is 181 Å². The van der Waals surface area contributed by atoms with Gasteiger partial charge in [0, 0.05) is 10.9 Å². The number of nitrogens with zero attached hydrogens (tertiary/aromatic N) is 3. The van der Waals surface area contributed by atoms with Crippen molar-refractivity contribution in [1.29, 1.82) is 5.26 Å². The van der Waals surface area contributed by atoms with Crippen molar-refractivity contribution in [2.75, 3.05) is 18.6 Å². The Morgan fingerprint density at radius 1 is 1.29 bits per heavy atom. The van der Waals surface area contributed by atoms with Gasteiger partial charge < -0.3 is 9.47 Å². The predicted octanol–water partition coefficient (Wildman–Crippen LogP) is 5.16. The number of hydrazone groups is 1. The highest BCUT2D eigenvalue weighted by Crippen LogP contribution is 2.34. The van der Waals surface area contributed by atoms with E-state index in [1.165, 1.54) is 11.3 Å². The molecule has 142 valence electrons. The van der Waals surface area contributed by atoms with E-state index in [4.69, 9.17) is 14.7 Å². The molecule has 8 heteroatoms. The first-order valence-electron chi connectivity index (χ1n) is 8.47. The molecule has 0 radical (unpaired) electrons. The molecule has 2 aromatic carbocycles. The van der Waals surface area contributed by atoms with Crippen LogP contribution in [0, 0.1) is 14.9 Å². The zero-order valence-electron chi connectivity index (χ0n) is 15.1. The first-order chi connectivity index (χ1) is 13.7. The molecule has 3 rings (SSSR count). The second-order valence-corrected chi connectivity index (χ2v) is 7.50. The Kier molecular flexibility index (Phi) is 7.22. The Morgan fingerprint density at radius 2 is 2.11 bits per heavy atom. The van der Waals surface area contributed by atoms with Crippen LogP contribution >= 0.6 is 33.9 Å². The summed E-state index contributed by atoms with van der Waals surface area (Å²) in [6, 6.07) is 15.7. The number of aromatic nitrogens is 1. The maximum Gasteiger partial charge on any atom is 0.203 e. The summed E-state index contributed by atoms with van der Waals surface area (Å²) in [7, 11) is 0. The number of thiazole rings is 1. The molecule has 3 aromatic rings. The first kappa shape index (κ1) is 20.1. The lowest BCUT2D eigenvalue weighted by Crippen LogP contribution is -2.02. The largest absolute Gasteiger partial charge is 0.490 e. The van der Waals surface area contributed by atoms with Gasteiger partial charge in [0.1, 0.15) is 6.07 Å². The number of hydrogen-bond donors (Lipinski definition) is 1. The average molecular weight is 504 g/mol. The normalized spacial score (nSPS) is 10.6. The van der Waals surface area contributed by atoms with Gasteiger partial charge in [0.25, 0.3) is 0 Å². The van der Waals surface area contributed by atoms with Gasteiger partial charge >= 0.3 is 0 Å². The molecule has 0 amide bonds. The molecule has 1 heterocycles. The average Bonchev–Trinajstić information content (AvgIpc) is 3.17. The smallest absolute Gasteiger partial charge is 0.203 e. The zero-order valence-corrected chi connectivity index (χ0v) is 18.0. The monoisotopic (exact) mass is 504 g/mol. The summed E-state index contributed by atoms with van der Waals surface area (Å²) in [5.74, 6) is 1.16. The van der Waals surface area contributed by atoms with Crippen molar-refractivity contribution in [2.45, 2.75) is 6.92 Å². The Bertz CT molecular complexity index is 999. The summed E-state index contributed by atoms with van der Waals surface area (Å²) >= 11 is 3.65. The van der Waals surface area contributed by atoms with Crippen molar-refractivity contribution >= 4 is 45.3 Å². The standard InChI is InChI=1S/C20H17IN4O2S/c1-2-26-18-11-14(10-16(21)19(18)27-9-8-22)12-23-25-20-24-17(13-28-20)15-6-4-3-5-7-15/h3-7,10-13H,2,9H2,1H3,(H,24,25). The van der Waals surface area contributed by atoms with Crippen LogP contribution in [0.15, 0.2) is 52.9 Å². The van der Waals surface area contributed by atoms with Gasteiger partial charge in [-0.05, 0) is 47.2 Å². The van der Waals surface area contributed by atoms with E-state index < -0.39 is 0 Å². The van der Waals surface area contributed by atoms with Crippen LogP contribution in [-0.4, -0.2) is 24.4 Å². The van der Waals surface area contributed by atoms with Gasteiger partial charge in [-0.15, -0.1) is 11.3 Å². The third-order valence-corrected chi connectivity index (χ3v) is 5.11. The second-order valence-electron chi connectivity index (χ2n) is 5.48. The number of rotatable bonds is 8. The van der Waals surface area contributed by atoms with Gasteiger partial charge in [0.15, 0.2) is 18.1 Å². The molecule has 1 N–H and O–H groups in total. The SMILES string of the molecule is CCOc1cc(C=NNc2nc(-c3ccccc3)cs2)cc(I)c1OCC#N. The van der Waals surface area contributed by atoms with Crippen molar-refractivity contribution < 1.29 is 9.47 Å². The predicted molar refractivity (Wildman–Crippen MR) is 120 cm³/mol. The molecule has 0 saturated heterocycles. The van der Waals surface area contributed by atoms with E-state index in [1.54, 1.807) is 6.21 Å². The van der Waals surface area contributed by atoms with Crippen molar-refractivity contribution in [3.8, 4) is 28.8 Å². The fourth-order valence-corrected chi connectivity index (χ4v) is 3.85. The van der Waals surface area contributed by atoms with E-state index in [0.29, 0.717) is 23.2 Å². The van der Waals surface area contributed by atoms with Crippen molar-refractivity contribution in [3.63, 3.8) is 0 Å². The van der Waals surface area contributed by atoms with Gasteiger partial charge in [0.2, 0.25) is 5.13 Å². The molecule has 0 atom stereocenters. The van der Waals surface area contributed by atoms with E-state index in [9.17, 15) is 0 Å². The highest BCUT2D eigenvalue weighted by atomic mass is 127. The summed E-state index contributed by atoms with van der Waals surface area (Å²) in [4.78, 5) is 4.54. The van der Waals surface area contributed by atoms with Gasteiger partial charge in [-0.1, -0.05) is 30.3 Å². The molecule has 28 heavy (non-hydrogen) atoms. The summed E-state index contributed by atoms with van der Waals surface area (Å²) in [6.07, 6.45) is 1.70. The number of nitrogens with one attached hydrogen (secondary N) is 1. The van der Waals surface area contributed by atoms with Crippen LogP contribution < -0.4 is 14.9 Å². The maximum atomic E-state index is 8.74. The molecular formula is C20H17IN4O2S. The fraction of sp³-hybridized carbons (Fsp3) is 0.150. The minimum absolute atomic E-state index is 0.0289. The van der Waals surface area contributed by atoms with E-state index in [2.05, 4.69) is 38.1 Å². The van der Waals surface area contributed by atoms with Gasteiger partial charge in [-0.2, -0.15) is 10.4 Å². The number of hydrogen-bond acceptors (Lipinski definition) is 7. The lowest BCUT2D eigenvalue weighted by Gasteiger charge is -2.12. The van der Waals surface area contributed by atoms with Gasteiger partial charge in [0.05, 0.1) is 22.1 Å². The third kappa shape index (κ3) is 5.21. The first-order valence-corrected chi connectivity index (χ1v) is 10.4. The minimum Gasteiger partial charge on any atom is -0.490 e. The van der Waals surface area contributed by atoms with Crippen LogP contribution in [0.4, 0.5) is 5.13 Å². The van der Waals surface area contributed by atoms with Crippen LogP contribution in [0.1, 0.15) is 12.5 Å². The lowest BCUT2D eigenvalue weighted by molar-refractivity contribution is 0.297. The molecule has 0 aliphatic carbocycles. The number of halogens is 1. The molecule has 0 aliphatic rings. The van der Waals surface area contributed by atoms with Crippen LogP contribution in [0.5, 0.6) is 11.5 Å². The summed E-state index contributed by atoms with van der Waals surface area (Å²) in [6.45, 7) is 2.37. The van der Waals surface area contributed by atoms with E-state index >= 15 is 0 Å². The zero-order chi connectivity index (χ0) is 19.8. The molecule has 1 aromatic heterocycles. The maximum absolute atomic E-state index is 8.74. The number of nitriles is 1. The van der Waals surface area contributed by atoms with Crippen molar-refractivity contribution in [1.82, 2.24) is 4.98 Å². The highest BCUT2D eigenvalue weighted by molar-refractivity contribution is 14.1. The Balaban J connectivity index is 1.72. The highest BCUT2D eigenvalue weighted by Gasteiger charge is 2.11. The van der Waals surface area contributed by atoms with Crippen LogP contribution in [0.25, 0.3) is 11.3 Å². The summed E-state index contributed by atoms with van der Waals surface area (Å²) in [5.41, 5.74) is 5.80. The number of anilines is 1. The van der Waals surface area contributed by atoms with Crippen LogP contribution in [0.3, 0.4) is 0 Å². The summed E-state index contributed by atoms with van der Waals surface area (Å²) < 4.78 is 12.0. The van der Waals surface area contributed by atoms with Crippen LogP contribution in [-0.2, 0) is 0 Å². The van der Waals surface area contributed by atoms with E-state index in [-0.39, 0.29) is 6.61 Å². The quantitative estimate of drug-likeness (QED) is 0.261. The van der Waals surface area contributed by atoms with Crippen molar-refractivity contribution in [3.05, 3.63) is 57.0 Å². The summed E-state index contributed by atoms with van der Waals surface area (Å²) in [5, 5.41) is 15.7. The lowest BCUT2D eigenvalue weighted by atomic mass is 10.2. The van der Waals surface area contributed by atoms with E-state index in [1.807, 2.05) is 60.8 Å². The van der Waals surface area contributed by atoms with E-state index in [0.717, 1.165) is 20.4 Å². The molecule has 0 fully saturated rings.